The van der Waals surface area contributed by atoms with Gasteiger partial charge in [0, 0.05) is 41.2 Å². The number of nitrogens with one attached hydrogen (secondary N) is 2. The van der Waals surface area contributed by atoms with Crippen LogP contribution in [0.15, 0.2) is 85.1 Å². The van der Waals surface area contributed by atoms with Gasteiger partial charge in [-0.3, -0.25) is 14.9 Å². The van der Waals surface area contributed by atoms with Crippen LogP contribution in [0, 0.1) is 10.1 Å². The number of hydrogen-bond donors (Lipinski definition) is 2. The number of fused-ring (bicyclic) bond motifs is 1. The first kappa shape index (κ1) is 19.4. The van der Waals surface area contributed by atoms with Gasteiger partial charge in [0.25, 0.3) is 11.6 Å². The van der Waals surface area contributed by atoms with Crippen molar-refractivity contribution in [1.82, 2.24) is 10.3 Å². The van der Waals surface area contributed by atoms with Gasteiger partial charge in [-0.2, -0.15) is 0 Å². The minimum absolute atomic E-state index is 0.0316. The van der Waals surface area contributed by atoms with Crippen LogP contribution in [0.4, 0.5) is 5.69 Å². The number of benzene rings is 3. The number of rotatable bonds is 6. The number of non-ortho nitro benzene ring substituents is 1. The lowest BCUT2D eigenvalue weighted by atomic mass is 9.85. The van der Waals surface area contributed by atoms with Gasteiger partial charge in [-0.1, -0.05) is 60.7 Å². The van der Waals surface area contributed by atoms with Crippen molar-refractivity contribution in [3.8, 4) is 0 Å². The number of carbonyl (C=O) groups is 1. The molecule has 1 heterocycles. The van der Waals surface area contributed by atoms with Gasteiger partial charge >= 0.3 is 0 Å². The molecule has 4 aromatic rings. The number of nitro benzene ring substituents is 1. The van der Waals surface area contributed by atoms with Crippen molar-refractivity contribution >= 4 is 22.5 Å². The van der Waals surface area contributed by atoms with E-state index in [1.54, 1.807) is 12.3 Å². The van der Waals surface area contributed by atoms with Crippen molar-refractivity contribution in [2.24, 2.45) is 0 Å². The summed E-state index contributed by atoms with van der Waals surface area (Å²) in [7, 11) is 0. The Morgan fingerprint density at radius 3 is 2.13 bits per heavy atom. The second-order valence-corrected chi connectivity index (χ2v) is 7.25. The molecule has 6 nitrogen and oxygen atoms in total. The standard InChI is InChI=1S/C24H21N3O3/c1-16(23(17-8-4-2-5-9-17)18-10-6-3-7-11-18)26-24(28)21-15-25-22-13-12-19(27(29)30)14-20(21)22/h2-16,23,25H,1H3,(H,26,28). The summed E-state index contributed by atoms with van der Waals surface area (Å²) in [6.07, 6.45) is 1.59. The van der Waals surface area contributed by atoms with E-state index in [-0.39, 0.29) is 23.6 Å². The average molecular weight is 399 g/mol. The minimum Gasteiger partial charge on any atom is -0.360 e. The number of aromatic amines is 1. The third-order valence-corrected chi connectivity index (χ3v) is 5.30. The first-order chi connectivity index (χ1) is 14.5. The largest absolute Gasteiger partial charge is 0.360 e. The summed E-state index contributed by atoms with van der Waals surface area (Å²) < 4.78 is 0. The summed E-state index contributed by atoms with van der Waals surface area (Å²) in [6.45, 7) is 1.97. The van der Waals surface area contributed by atoms with E-state index >= 15 is 0 Å². The van der Waals surface area contributed by atoms with E-state index in [4.69, 9.17) is 0 Å². The Morgan fingerprint density at radius 1 is 0.967 bits per heavy atom. The molecule has 0 radical (unpaired) electrons. The van der Waals surface area contributed by atoms with Crippen molar-refractivity contribution in [1.29, 1.82) is 0 Å². The van der Waals surface area contributed by atoms with Crippen LogP contribution in [0.25, 0.3) is 10.9 Å². The van der Waals surface area contributed by atoms with Gasteiger partial charge in [0.15, 0.2) is 0 Å². The molecule has 4 rings (SSSR count). The monoisotopic (exact) mass is 399 g/mol. The molecule has 0 aliphatic heterocycles. The highest BCUT2D eigenvalue weighted by atomic mass is 16.6. The Morgan fingerprint density at radius 2 is 1.57 bits per heavy atom. The van der Waals surface area contributed by atoms with Crippen molar-refractivity contribution in [3.63, 3.8) is 0 Å². The molecule has 0 saturated carbocycles. The number of H-pyrrole nitrogens is 1. The van der Waals surface area contributed by atoms with E-state index in [0.717, 1.165) is 11.1 Å². The molecule has 1 amide bonds. The first-order valence-corrected chi connectivity index (χ1v) is 9.71. The van der Waals surface area contributed by atoms with Crippen molar-refractivity contribution < 1.29 is 9.72 Å². The summed E-state index contributed by atoms with van der Waals surface area (Å²) in [6, 6.07) is 24.3. The van der Waals surface area contributed by atoms with Crippen molar-refractivity contribution in [3.05, 3.63) is 112 Å². The van der Waals surface area contributed by atoms with Gasteiger partial charge < -0.3 is 10.3 Å². The molecule has 0 spiro atoms. The maximum absolute atomic E-state index is 13.1. The number of nitro groups is 1. The van der Waals surface area contributed by atoms with E-state index in [0.29, 0.717) is 16.5 Å². The van der Waals surface area contributed by atoms with Crippen LogP contribution in [-0.2, 0) is 0 Å². The normalized spacial score (nSPS) is 12.1. The molecule has 3 aromatic carbocycles. The molecule has 30 heavy (non-hydrogen) atoms. The molecular weight excluding hydrogens is 378 g/mol. The van der Waals surface area contributed by atoms with Crippen molar-refractivity contribution in [2.75, 3.05) is 0 Å². The van der Waals surface area contributed by atoms with Crippen LogP contribution >= 0.6 is 0 Å². The fourth-order valence-electron chi connectivity index (χ4n) is 3.87. The third-order valence-electron chi connectivity index (χ3n) is 5.30. The Kier molecular flexibility index (Phi) is 5.30. The molecular formula is C24H21N3O3. The molecule has 0 saturated heterocycles. The van der Waals surface area contributed by atoms with Gasteiger partial charge in [0.1, 0.15) is 0 Å². The molecule has 1 aromatic heterocycles. The average Bonchev–Trinajstić information content (AvgIpc) is 3.19. The van der Waals surface area contributed by atoms with Gasteiger partial charge in [0.2, 0.25) is 0 Å². The lowest BCUT2D eigenvalue weighted by Gasteiger charge is -2.26. The van der Waals surface area contributed by atoms with Crippen LogP contribution in [0.3, 0.4) is 0 Å². The molecule has 1 unspecified atom stereocenters. The molecule has 0 aliphatic carbocycles. The highest BCUT2D eigenvalue weighted by Gasteiger charge is 2.24. The van der Waals surface area contributed by atoms with E-state index < -0.39 is 4.92 Å². The van der Waals surface area contributed by atoms with E-state index in [1.165, 1.54) is 12.1 Å². The highest BCUT2D eigenvalue weighted by Crippen LogP contribution is 2.29. The highest BCUT2D eigenvalue weighted by molar-refractivity contribution is 6.07. The third kappa shape index (κ3) is 3.80. The quantitative estimate of drug-likeness (QED) is 0.352. The number of hydrogen-bond acceptors (Lipinski definition) is 3. The smallest absolute Gasteiger partial charge is 0.270 e. The Bertz CT molecular complexity index is 1150. The fraction of sp³-hybridized carbons (Fsp3) is 0.125. The topological polar surface area (TPSA) is 88.0 Å². The number of amides is 1. The maximum atomic E-state index is 13.1. The molecule has 2 N–H and O–H groups in total. The van der Waals surface area contributed by atoms with Crippen LogP contribution < -0.4 is 5.32 Å². The molecule has 0 bridgehead atoms. The Labute approximate surface area is 173 Å². The molecule has 6 heteroatoms. The van der Waals surface area contributed by atoms with E-state index in [9.17, 15) is 14.9 Å². The van der Waals surface area contributed by atoms with Crippen LogP contribution in [0.2, 0.25) is 0 Å². The van der Waals surface area contributed by atoms with Gasteiger partial charge in [-0.15, -0.1) is 0 Å². The fourth-order valence-corrected chi connectivity index (χ4v) is 3.87. The predicted octanol–water partition coefficient (Wildman–Crippen LogP) is 5.03. The molecule has 1 atom stereocenters. The second-order valence-electron chi connectivity index (χ2n) is 7.25. The van der Waals surface area contributed by atoms with Crippen LogP contribution in [-0.4, -0.2) is 21.9 Å². The zero-order chi connectivity index (χ0) is 21.1. The van der Waals surface area contributed by atoms with Gasteiger partial charge in [-0.05, 0) is 24.1 Å². The number of carbonyl (C=O) groups excluding carboxylic acids is 1. The lowest BCUT2D eigenvalue weighted by Crippen LogP contribution is -2.37. The second kappa shape index (κ2) is 8.21. The Balaban J connectivity index is 1.65. The summed E-state index contributed by atoms with van der Waals surface area (Å²) in [5.41, 5.74) is 3.23. The Hall–Kier alpha value is -3.93. The van der Waals surface area contributed by atoms with Crippen molar-refractivity contribution in [2.45, 2.75) is 18.9 Å². The molecule has 150 valence electrons. The maximum Gasteiger partial charge on any atom is 0.270 e. The SMILES string of the molecule is CC(NC(=O)c1c[nH]c2ccc([N+](=O)[O-])cc12)C(c1ccccc1)c1ccccc1. The summed E-state index contributed by atoms with van der Waals surface area (Å²) in [5.74, 6) is -0.304. The molecule has 0 fully saturated rings. The summed E-state index contributed by atoms with van der Waals surface area (Å²) >= 11 is 0. The van der Waals surface area contributed by atoms with E-state index in [1.807, 2.05) is 43.3 Å². The lowest BCUT2D eigenvalue weighted by molar-refractivity contribution is -0.384. The van der Waals surface area contributed by atoms with Gasteiger partial charge in [0.05, 0.1) is 10.5 Å². The zero-order valence-corrected chi connectivity index (χ0v) is 16.4. The summed E-state index contributed by atoms with van der Waals surface area (Å²) in [4.78, 5) is 26.8. The summed E-state index contributed by atoms with van der Waals surface area (Å²) in [5, 5.41) is 14.7. The van der Waals surface area contributed by atoms with Crippen LogP contribution in [0.1, 0.15) is 34.3 Å². The molecule has 0 aliphatic rings. The van der Waals surface area contributed by atoms with E-state index in [2.05, 4.69) is 34.6 Å². The predicted molar refractivity (Wildman–Crippen MR) is 117 cm³/mol. The van der Waals surface area contributed by atoms with Crippen LogP contribution in [0.5, 0.6) is 0 Å². The van der Waals surface area contributed by atoms with Gasteiger partial charge in [-0.25, -0.2) is 0 Å². The minimum atomic E-state index is -0.461. The number of nitrogens with zero attached hydrogens (tertiary/aromatic N) is 1. The zero-order valence-electron chi connectivity index (χ0n) is 16.4. The number of aromatic nitrogens is 1. The first-order valence-electron chi connectivity index (χ1n) is 9.71.